The first-order chi connectivity index (χ1) is 11.8. The Balaban J connectivity index is 2.24. The van der Waals surface area contributed by atoms with E-state index in [1.54, 1.807) is 0 Å². The second-order valence-electron chi connectivity index (χ2n) is 8.92. The smallest absolute Gasteiger partial charge is 0.172 e. The molecule has 0 radical (unpaired) electrons. The Hall–Kier alpha value is -0.160. The second kappa shape index (κ2) is 7.84. The molecule has 148 valence electrons. The highest BCUT2D eigenvalue weighted by Gasteiger charge is 2.61. The van der Waals surface area contributed by atoms with E-state index in [0.29, 0.717) is 0 Å². The van der Waals surface area contributed by atoms with E-state index in [2.05, 4.69) is 41.5 Å². The summed E-state index contributed by atoms with van der Waals surface area (Å²) in [7, 11) is 0. The van der Waals surface area contributed by atoms with Gasteiger partial charge in [0, 0.05) is 18.3 Å². The fraction of sp³-hybridized carbons (Fsp3) is 1.00. The van der Waals surface area contributed by atoms with Gasteiger partial charge in [-0.15, -0.1) is 0 Å². The second-order valence-corrected chi connectivity index (χ2v) is 8.92. The number of hydrogen-bond acceptors (Lipinski definition) is 3. The third-order valence-electron chi connectivity index (χ3n) is 7.43. The SMILES string of the molecule is CCCCC1(CC)COC2(CC(C)(CC)N([OH2+])C(CC)(CC)C2)OC1. The third-order valence-corrected chi connectivity index (χ3v) is 7.43. The number of piperidine rings is 1. The summed E-state index contributed by atoms with van der Waals surface area (Å²) in [6, 6.07) is 0. The largest absolute Gasteiger partial charge is 0.349 e. The zero-order chi connectivity index (χ0) is 18.8. The monoisotopic (exact) mass is 356 g/mol. The van der Waals surface area contributed by atoms with E-state index in [4.69, 9.17) is 14.7 Å². The minimum Gasteiger partial charge on any atom is -0.349 e. The van der Waals surface area contributed by atoms with E-state index in [1.807, 2.05) is 5.06 Å². The Kier molecular flexibility index (Phi) is 6.63. The minimum absolute atomic E-state index is 0.154. The van der Waals surface area contributed by atoms with Crippen molar-refractivity contribution < 1.29 is 14.7 Å². The van der Waals surface area contributed by atoms with Gasteiger partial charge in [-0.05, 0) is 39.0 Å². The van der Waals surface area contributed by atoms with Crippen LogP contribution in [0.15, 0.2) is 0 Å². The van der Waals surface area contributed by atoms with Crippen LogP contribution in [-0.2, 0) is 9.47 Å². The van der Waals surface area contributed by atoms with Gasteiger partial charge < -0.3 is 14.7 Å². The van der Waals surface area contributed by atoms with Gasteiger partial charge in [0.25, 0.3) is 0 Å². The molecule has 25 heavy (non-hydrogen) atoms. The van der Waals surface area contributed by atoms with Crippen molar-refractivity contribution in [3.63, 3.8) is 0 Å². The van der Waals surface area contributed by atoms with Gasteiger partial charge in [0.15, 0.2) is 5.79 Å². The number of hydrogen-bond donors (Lipinski definition) is 0. The molecule has 0 bridgehead atoms. The number of hydroxylamine groups is 2. The lowest BCUT2D eigenvalue weighted by atomic mass is 9.71. The van der Waals surface area contributed by atoms with Crippen molar-refractivity contribution in [3.05, 3.63) is 0 Å². The van der Waals surface area contributed by atoms with E-state index >= 15 is 0 Å². The normalized spacial score (nSPS) is 39.0. The molecule has 2 aliphatic rings. The molecule has 0 aromatic rings. The van der Waals surface area contributed by atoms with Crippen molar-refractivity contribution in [1.29, 1.82) is 0 Å². The Morgan fingerprint density at radius 2 is 1.48 bits per heavy atom. The van der Waals surface area contributed by atoms with Crippen molar-refractivity contribution in [1.82, 2.24) is 5.06 Å². The average molecular weight is 357 g/mol. The predicted octanol–water partition coefficient (Wildman–Crippen LogP) is 4.78. The summed E-state index contributed by atoms with van der Waals surface area (Å²) in [6.07, 6.45) is 9.27. The van der Waals surface area contributed by atoms with Gasteiger partial charge >= 0.3 is 0 Å². The summed E-state index contributed by atoms with van der Waals surface area (Å²) in [5.74, 6) is -0.501. The highest BCUT2D eigenvalue weighted by molar-refractivity contribution is 5.06. The molecule has 0 aliphatic carbocycles. The summed E-state index contributed by atoms with van der Waals surface area (Å²) in [5, 5.41) is 10.8. The van der Waals surface area contributed by atoms with Crippen LogP contribution in [0.25, 0.3) is 0 Å². The molecule has 2 aliphatic heterocycles. The van der Waals surface area contributed by atoms with Crippen LogP contribution < -0.4 is 0 Å². The lowest BCUT2D eigenvalue weighted by molar-refractivity contribution is -0.381. The Morgan fingerprint density at radius 1 is 0.880 bits per heavy atom. The third kappa shape index (κ3) is 3.78. The molecule has 4 heteroatoms. The van der Waals surface area contributed by atoms with Gasteiger partial charge in [-0.1, -0.05) is 52.5 Å². The van der Waals surface area contributed by atoms with E-state index < -0.39 is 5.79 Å². The fourth-order valence-electron chi connectivity index (χ4n) is 4.91. The van der Waals surface area contributed by atoms with Crippen LogP contribution in [0.5, 0.6) is 0 Å². The van der Waals surface area contributed by atoms with Crippen molar-refractivity contribution in [2.24, 2.45) is 5.41 Å². The maximum Gasteiger partial charge on any atom is 0.172 e. The number of unbranched alkanes of at least 4 members (excludes halogenated alkanes) is 1. The van der Waals surface area contributed by atoms with Crippen LogP contribution in [0.2, 0.25) is 0 Å². The lowest BCUT2D eigenvalue weighted by Crippen LogP contribution is -2.69. The van der Waals surface area contributed by atoms with E-state index in [9.17, 15) is 0 Å². The molecule has 0 saturated carbocycles. The van der Waals surface area contributed by atoms with Crippen molar-refractivity contribution in [3.8, 4) is 0 Å². The molecule has 1 atom stereocenters. The summed E-state index contributed by atoms with van der Waals surface area (Å²) in [4.78, 5) is 0. The highest BCUT2D eigenvalue weighted by atomic mass is 16.7. The van der Waals surface area contributed by atoms with Gasteiger partial charge in [-0.25, -0.2) is 0 Å². The summed E-state index contributed by atoms with van der Waals surface area (Å²) < 4.78 is 13.2. The van der Waals surface area contributed by atoms with Crippen LogP contribution in [0, 0.1) is 5.41 Å². The molecule has 2 heterocycles. The van der Waals surface area contributed by atoms with Crippen molar-refractivity contribution >= 4 is 0 Å². The fourth-order valence-corrected chi connectivity index (χ4v) is 4.91. The topological polar surface area (TPSA) is 44.6 Å². The first-order valence-corrected chi connectivity index (χ1v) is 10.6. The molecule has 2 N–H and O–H groups in total. The molecule has 0 amide bonds. The van der Waals surface area contributed by atoms with Crippen molar-refractivity contribution in [2.75, 3.05) is 13.2 Å². The first-order valence-electron chi connectivity index (χ1n) is 10.6. The summed E-state index contributed by atoms with van der Waals surface area (Å²) >= 11 is 0. The van der Waals surface area contributed by atoms with Gasteiger partial charge in [0.1, 0.15) is 0 Å². The number of rotatable bonds is 7. The van der Waals surface area contributed by atoms with E-state index in [1.165, 1.54) is 19.3 Å². The van der Waals surface area contributed by atoms with Gasteiger partial charge in [0.2, 0.25) is 0 Å². The first kappa shape index (κ1) is 21.1. The summed E-state index contributed by atoms with van der Waals surface area (Å²) in [5.41, 5.74) is -0.165. The minimum atomic E-state index is -0.501. The van der Waals surface area contributed by atoms with Crippen LogP contribution in [0.1, 0.15) is 99.3 Å². The van der Waals surface area contributed by atoms with E-state index in [-0.39, 0.29) is 16.5 Å². The molecule has 2 saturated heterocycles. The molecule has 0 aromatic carbocycles. The Bertz CT molecular complexity index is 427. The highest BCUT2D eigenvalue weighted by Crippen LogP contribution is 2.52. The molecule has 4 nitrogen and oxygen atoms in total. The quantitative estimate of drug-likeness (QED) is 0.617. The van der Waals surface area contributed by atoms with Crippen LogP contribution in [0.4, 0.5) is 0 Å². The van der Waals surface area contributed by atoms with Crippen LogP contribution in [0.3, 0.4) is 0 Å². The Labute approximate surface area is 155 Å². The molecular formula is C21H42NO3+. The maximum atomic E-state index is 8.86. The van der Waals surface area contributed by atoms with Crippen LogP contribution >= 0.6 is 0 Å². The van der Waals surface area contributed by atoms with Crippen LogP contribution in [-0.4, -0.2) is 40.3 Å². The number of ether oxygens (including phenoxy) is 2. The van der Waals surface area contributed by atoms with E-state index in [0.717, 1.165) is 51.7 Å². The average Bonchev–Trinajstić information content (AvgIpc) is 2.65. The molecular weight excluding hydrogens is 314 g/mol. The lowest BCUT2D eigenvalue weighted by Gasteiger charge is -2.58. The van der Waals surface area contributed by atoms with Gasteiger partial charge in [-0.3, -0.25) is 0 Å². The van der Waals surface area contributed by atoms with Crippen molar-refractivity contribution in [2.45, 2.75) is 116 Å². The standard InChI is InChI=1S/C21H41NO3/c1-7-12-13-19(9-3)16-24-21(25-17-19)14-18(6,8-2)22(23)20(10-4,11-5)15-21/h23H,7-17H2,1-6H3/p+1. The molecule has 2 rings (SSSR count). The predicted molar refractivity (Wildman–Crippen MR) is 104 cm³/mol. The molecule has 2 fully saturated rings. The zero-order valence-corrected chi connectivity index (χ0v) is 17.5. The zero-order valence-electron chi connectivity index (χ0n) is 17.5. The van der Waals surface area contributed by atoms with Gasteiger partial charge in [0.05, 0.1) is 24.3 Å². The molecule has 0 aromatic heterocycles. The van der Waals surface area contributed by atoms with Gasteiger partial charge in [-0.2, -0.15) is 0 Å². The maximum absolute atomic E-state index is 8.86. The molecule has 1 unspecified atom stereocenters. The summed E-state index contributed by atoms with van der Waals surface area (Å²) in [6.45, 7) is 15.0. The Morgan fingerprint density at radius 3 is 1.92 bits per heavy atom. The number of nitrogens with zero attached hydrogens (tertiary/aromatic N) is 1. The molecule has 1 spiro atoms.